The van der Waals surface area contributed by atoms with Crippen molar-refractivity contribution in [1.29, 1.82) is 0 Å². The Kier molecular flexibility index (Phi) is 4.24. The highest BCUT2D eigenvalue weighted by Gasteiger charge is 2.31. The average Bonchev–Trinajstić information content (AvgIpc) is 2.99. The van der Waals surface area contributed by atoms with E-state index in [1.54, 1.807) is 12.5 Å². The molecule has 3 rings (SSSR count). The molecule has 21 heavy (non-hydrogen) atoms. The van der Waals surface area contributed by atoms with E-state index in [9.17, 15) is 4.91 Å². The van der Waals surface area contributed by atoms with Gasteiger partial charge in [0.2, 0.25) is 0 Å². The molecule has 1 saturated carbocycles. The third kappa shape index (κ3) is 2.69. The quantitative estimate of drug-likeness (QED) is 0.745. The Bertz CT molecular complexity index is 633. The maximum atomic E-state index is 11.6. The molecular formula is C16H20ClN3O. The molecule has 0 aliphatic heterocycles. The molecule has 0 amide bonds. The van der Waals surface area contributed by atoms with Gasteiger partial charge in [-0.15, -0.1) is 0 Å². The molecular weight excluding hydrogens is 286 g/mol. The Morgan fingerprint density at radius 3 is 2.81 bits per heavy atom. The van der Waals surface area contributed by atoms with Crippen LogP contribution in [0.25, 0.3) is 5.52 Å². The molecule has 2 aromatic heterocycles. The lowest BCUT2D eigenvalue weighted by atomic mass is 9.77. The predicted octanol–water partition coefficient (Wildman–Crippen LogP) is 5.01. The highest BCUT2D eigenvalue weighted by Crippen LogP contribution is 2.40. The summed E-state index contributed by atoms with van der Waals surface area (Å²) in [5.74, 6) is 0.754. The lowest BCUT2D eigenvalue weighted by Crippen LogP contribution is -2.22. The monoisotopic (exact) mass is 305 g/mol. The van der Waals surface area contributed by atoms with Gasteiger partial charge < -0.3 is 0 Å². The number of hydrogen-bond acceptors (Lipinski definition) is 3. The van der Waals surface area contributed by atoms with E-state index < -0.39 is 6.04 Å². The number of fused-ring (bicyclic) bond motifs is 1. The van der Waals surface area contributed by atoms with Crippen LogP contribution in [0, 0.1) is 16.7 Å². The number of pyridine rings is 1. The van der Waals surface area contributed by atoms with Gasteiger partial charge in [-0.2, -0.15) is 4.91 Å². The van der Waals surface area contributed by atoms with Gasteiger partial charge >= 0.3 is 0 Å². The summed E-state index contributed by atoms with van der Waals surface area (Å²) >= 11 is 6.37. The molecule has 4 nitrogen and oxygen atoms in total. The average molecular weight is 306 g/mol. The highest BCUT2D eigenvalue weighted by atomic mass is 35.5. The summed E-state index contributed by atoms with van der Waals surface area (Å²) in [6, 6.07) is 3.32. The summed E-state index contributed by atoms with van der Waals surface area (Å²) in [6.45, 7) is 2.13. The Hall–Kier alpha value is -1.42. The molecule has 2 unspecified atom stereocenters. The maximum absolute atomic E-state index is 11.6. The number of halogens is 1. The number of imidazole rings is 1. The number of rotatable bonds is 4. The van der Waals surface area contributed by atoms with E-state index in [1.165, 1.54) is 32.1 Å². The van der Waals surface area contributed by atoms with Crippen LogP contribution in [-0.2, 0) is 0 Å². The van der Waals surface area contributed by atoms with Gasteiger partial charge in [0.1, 0.15) is 6.04 Å². The van der Waals surface area contributed by atoms with Crippen molar-refractivity contribution < 1.29 is 0 Å². The summed E-state index contributed by atoms with van der Waals surface area (Å²) < 4.78 is 1.90. The zero-order chi connectivity index (χ0) is 14.8. The minimum absolute atomic E-state index is 0.202. The van der Waals surface area contributed by atoms with Crippen LogP contribution >= 0.6 is 11.6 Å². The fraction of sp³-hybridized carbons (Fsp3) is 0.562. The first-order chi connectivity index (χ1) is 10.2. The van der Waals surface area contributed by atoms with Crippen molar-refractivity contribution in [2.75, 3.05) is 0 Å². The van der Waals surface area contributed by atoms with Crippen LogP contribution in [-0.4, -0.2) is 9.38 Å². The van der Waals surface area contributed by atoms with Gasteiger partial charge in [0.15, 0.2) is 0 Å². The zero-order valence-electron chi connectivity index (χ0n) is 12.2. The van der Waals surface area contributed by atoms with Gasteiger partial charge in [0.05, 0.1) is 28.8 Å². The lowest BCUT2D eigenvalue weighted by Gasteiger charge is -2.30. The summed E-state index contributed by atoms with van der Waals surface area (Å²) in [6.07, 6.45) is 9.66. The lowest BCUT2D eigenvalue weighted by molar-refractivity contribution is 0.231. The van der Waals surface area contributed by atoms with Gasteiger partial charge in [0.25, 0.3) is 0 Å². The number of hydrogen-bond donors (Lipinski definition) is 0. The van der Waals surface area contributed by atoms with Crippen LogP contribution < -0.4 is 0 Å². The molecule has 2 aromatic rings. The molecule has 0 bridgehead atoms. The third-order valence-electron chi connectivity index (χ3n) is 4.86. The molecule has 1 fully saturated rings. The molecule has 0 radical (unpaired) electrons. The molecule has 5 heteroatoms. The number of nitrogens with zero attached hydrogens (tertiary/aromatic N) is 3. The first-order valence-corrected chi connectivity index (χ1v) is 8.03. The van der Waals surface area contributed by atoms with Crippen molar-refractivity contribution in [2.45, 2.75) is 45.1 Å². The molecule has 1 aliphatic carbocycles. The van der Waals surface area contributed by atoms with Gasteiger partial charge in [-0.05, 0) is 24.0 Å². The fourth-order valence-corrected chi connectivity index (χ4v) is 3.85. The van der Waals surface area contributed by atoms with Gasteiger partial charge in [-0.3, -0.25) is 4.40 Å². The minimum Gasteiger partial charge on any atom is -0.299 e. The number of aromatic nitrogens is 2. The van der Waals surface area contributed by atoms with Crippen LogP contribution in [0.4, 0.5) is 0 Å². The van der Waals surface area contributed by atoms with Gasteiger partial charge in [-0.25, -0.2) is 4.98 Å². The fourth-order valence-electron chi connectivity index (χ4n) is 3.59. The highest BCUT2D eigenvalue weighted by molar-refractivity contribution is 6.31. The zero-order valence-corrected chi connectivity index (χ0v) is 13.0. The summed E-state index contributed by atoms with van der Waals surface area (Å²) in [5, 5.41) is 4.03. The second-order valence-electron chi connectivity index (χ2n) is 6.06. The number of nitroso groups, excluding NO2 is 1. The summed E-state index contributed by atoms with van der Waals surface area (Å²) in [5.41, 5.74) is 1.72. The second-order valence-corrected chi connectivity index (χ2v) is 6.47. The minimum atomic E-state index is -0.418. The molecule has 2 atom stereocenters. The normalized spacial score (nSPS) is 19.5. The van der Waals surface area contributed by atoms with Crippen molar-refractivity contribution in [1.82, 2.24) is 9.38 Å². The molecule has 2 heterocycles. The van der Waals surface area contributed by atoms with Crippen LogP contribution in [0.15, 0.2) is 29.8 Å². The standard InChI is InChI=1S/C16H20ClN3O/c1-11(12-5-3-2-4-6-12)15(19-21)16-14(17)8-7-13-9-18-10-20(13)16/h7-12,15H,2-6H2,1H3. The first-order valence-electron chi connectivity index (χ1n) is 7.65. The molecule has 0 N–H and O–H groups in total. The maximum Gasteiger partial charge on any atom is 0.136 e. The van der Waals surface area contributed by atoms with Crippen molar-refractivity contribution in [3.63, 3.8) is 0 Å². The van der Waals surface area contributed by atoms with Crippen molar-refractivity contribution in [3.8, 4) is 0 Å². The molecule has 112 valence electrons. The van der Waals surface area contributed by atoms with E-state index >= 15 is 0 Å². The van der Waals surface area contributed by atoms with Crippen LogP contribution in [0.1, 0.15) is 50.8 Å². The predicted molar refractivity (Wildman–Crippen MR) is 84.5 cm³/mol. The Morgan fingerprint density at radius 2 is 2.10 bits per heavy atom. The van der Waals surface area contributed by atoms with E-state index in [2.05, 4.69) is 17.1 Å². The van der Waals surface area contributed by atoms with Crippen LogP contribution in [0.3, 0.4) is 0 Å². The van der Waals surface area contributed by atoms with Crippen LogP contribution in [0.5, 0.6) is 0 Å². The van der Waals surface area contributed by atoms with Crippen LogP contribution in [0.2, 0.25) is 5.02 Å². The topological polar surface area (TPSA) is 46.7 Å². The van der Waals surface area contributed by atoms with E-state index in [0.717, 1.165) is 11.2 Å². The molecule has 0 saturated heterocycles. The molecule has 1 aliphatic rings. The Balaban J connectivity index is 1.99. The first kappa shape index (κ1) is 14.5. The third-order valence-corrected chi connectivity index (χ3v) is 5.18. The second kappa shape index (κ2) is 6.14. The molecule has 0 aromatic carbocycles. The smallest absolute Gasteiger partial charge is 0.136 e. The van der Waals surface area contributed by atoms with E-state index in [0.29, 0.717) is 10.9 Å². The largest absolute Gasteiger partial charge is 0.299 e. The van der Waals surface area contributed by atoms with Gasteiger partial charge in [0, 0.05) is 0 Å². The summed E-state index contributed by atoms with van der Waals surface area (Å²) in [7, 11) is 0. The van der Waals surface area contributed by atoms with Gasteiger partial charge in [-0.1, -0.05) is 55.8 Å². The Labute approximate surface area is 129 Å². The van der Waals surface area contributed by atoms with Crippen molar-refractivity contribution >= 4 is 17.1 Å². The van der Waals surface area contributed by atoms with E-state index in [-0.39, 0.29) is 5.92 Å². The Morgan fingerprint density at radius 1 is 1.33 bits per heavy atom. The van der Waals surface area contributed by atoms with Crippen molar-refractivity contribution in [3.05, 3.63) is 40.3 Å². The van der Waals surface area contributed by atoms with Crippen molar-refractivity contribution in [2.24, 2.45) is 17.0 Å². The van der Waals surface area contributed by atoms with E-state index in [1.807, 2.05) is 16.5 Å². The molecule has 0 spiro atoms. The summed E-state index contributed by atoms with van der Waals surface area (Å²) in [4.78, 5) is 15.7. The SMILES string of the molecule is CC(C1CCCCC1)C(N=O)c1c(Cl)ccc2cncn12. The van der Waals surface area contributed by atoms with E-state index in [4.69, 9.17) is 11.6 Å².